The molecule has 1 fully saturated rings. The molecule has 2 heterocycles. The molecule has 1 aromatic rings. The van der Waals surface area contributed by atoms with E-state index in [4.69, 9.17) is 4.74 Å². The first kappa shape index (κ1) is 16.7. The van der Waals surface area contributed by atoms with Crippen LogP contribution in [-0.2, 0) is 4.74 Å². The van der Waals surface area contributed by atoms with Gasteiger partial charge in [-0.15, -0.1) is 0 Å². The van der Waals surface area contributed by atoms with Crippen molar-refractivity contribution in [2.75, 3.05) is 6.61 Å². The zero-order chi connectivity index (χ0) is 16.5. The van der Waals surface area contributed by atoms with Crippen LogP contribution in [0.2, 0.25) is 0 Å². The van der Waals surface area contributed by atoms with E-state index in [1.165, 1.54) is 11.0 Å². The van der Waals surface area contributed by atoms with Gasteiger partial charge in [-0.1, -0.05) is 0 Å². The van der Waals surface area contributed by atoms with Crippen LogP contribution in [0.5, 0.6) is 0 Å². The smallest absolute Gasteiger partial charge is 0.411 e. The minimum absolute atomic E-state index is 0.175. The van der Waals surface area contributed by atoms with Gasteiger partial charge in [-0.3, -0.25) is 9.88 Å². The van der Waals surface area contributed by atoms with E-state index >= 15 is 0 Å². The van der Waals surface area contributed by atoms with Gasteiger partial charge in [-0.2, -0.15) is 0 Å². The first-order valence-electron chi connectivity index (χ1n) is 7.40. The fraction of sp³-hybridized carbons (Fsp3) is 0.625. The average molecular weight is 310 g/mol. The quantitative estimate of drug-likeness (QED) is 0.912. The van der Waals surface area contributed by atoms with Gasteiger partial charge in [-0.05, 0) is 52.2 Å². The molecule has 0 saturated carbocycles. The van der Waals surface area contributed by atoms with E-state index in [0.717, 1.165) is 6.20 Å². The lowest BCUT2D eigenvalue weighted by atomic mass is 10.0. The van der Waals surface area contributed by atoms with Crippen LogP contribution in [0.1, 0.15) is 52.1 Å². The minimum Gasteiger partial charge on any atom is -0.444 e. The van der Waals surface area contributed by atoms with Gasteiger partial charge in [0.2, 0.25) is 0 Å². The Labute approximate surface area is 130 Å². The molecule has 22 heavy (non-hydrogen) atoms. The maximum Gasteiger partial charge on any atom is 0.411 e. The van der Waals surface area contributed by atoms with Gasteiger partial charge in [-0.25, -0.2) is 9.18 Å². The van der Waals surface area contributed by atoms with E-state index in [9.17, 15) is 14.3 Å². The summed E-state index contributed by atoms with van der Waals surface area (Å²) in [4.78, 5) is 18.0. The molecule has 2 atom stereocenters. The lowest BCUT2D eigenvalue weighted by molar-refractivity contribution is -0.0112. The Morgan fingerprint density at radius 1 is 1.55 bits per heavy atom. The number of hydrogen-bond donors (Lipinski definition) is 1. The molecule has 6 heteroatoms. The standard InChI is InChI=1S/C16H23FN2O3/c1-15(2,3)22-14(21)19-13(5-6-16(19,4)10-20)11-7-12(17)9-18-8-11/h7-9,13,20H,5-6,10H2,1-4H3. The number of pyridine rings is 1. The molecule has 1 aliphatic rings. The highest BCUT2D eigenvalue weighted by atomic mass is 19.1. The predicted molar refractivity (Wildman–Crippen MR) is 79.7 cm³/mol. The maximum atomic E-state index is 13.4. The van der Waals surface area contributed by atoms with E-state index < -0.39 is 23.1 Å². The first-order chi connectivity index (χ1) is 10.2. The van der Waals surface area contributed by atoms with Crippen molar-refractivity contribution in [2.45, 2.75) is 57.7 Å². The molecular weight excluding hydrogens is 287 g/mol. The SMILES string of the molecule is CC(C)(C)OC(=O)N1C(c2cncc(F)c2)CCC1(C)CO. The van der Waals surface area contributed by atoms with E-state index in [-0.39, 0.29) is 12.6 Å². The van der Waals surface area contributed by atoms with Gasteiger partial charge in [0.25, 0.3) is 0 Å². The van der Waals surface area contributed by atoms with Crippen molar-refractivity contribution in [2.24, 2.45) is 0 Å². The number of likely N-dealkylation sites (tertiary alicyclic amines) is 1. The van der Waals surface area contributed by atoms with Crippen molar-refractivity contribution >= 4 is 6.09 Å². The molecule has 1 aromatic heterocycles. The highest BCUT2D eigenvalue weighted by molar-refractivity contribution is 5.70. The lowest BCUT2D eigenvalue weighted by Gasteiger charge is -2.38. The number of ether oxygens (including phenoxy) is 1. The molecule has 1 N–H and O–H groups in total. The molecule has 0 bridgehead atoms. The summed E-state index contributed by atoms with van der Waals surface area (Å²) in [6.07, 6.45) is 3.41. The summed E-state index contributed by atoms with van der Waals surface area (Å²) in [6, 6.07) is 1.02. The maximum absolute atomic E-state index is 13.4. The Morgan fingerprint density at radius 2 is 2.23 bits per heavy atom. The highest BCUT2D eigenvalue weighted by Gasteiger charge is 2.47. The second-order valence-corrected chi connectivity index (χ2v) is 7.00. The fourth-order valence-corrected chi connectivity index (χ4v) is 2.81. The number of hydrogen-bond acceptors (Lipinski definition) is 4. The van der Waals surface area contributed by atoms with Gasteiger partial charge in [0.15, 0.2) is 0 Å². The summed E-state index contributed by atoms with van der Waals surface area (Å²) in [5.41, 5.74) is -0.747. The summed E-state index contributed by atoms with van der Waals surface area (Å²) >= 11 is 0. The fourth-order valence-electron chi connectivity index (χ4n) is 2.81. The molecular formula is C16H23FN2O3. The monoisotopic (exact) mass is 310 g/mol. The minimum atomic E-state index is -0.723. The third-order valence-electron chi connectivity index (χ3n) is 3.89. The summed E-state index contributed by atoms with van der Waals surface area (Å²) in [6.45, 7) is 7.00. The largest absolute Gasteiger partial charge is 0.444 e. The molecule has 0 aliphatic carbocycles. The first-order valence-corrected chi connectivity index (χ1v) is 7.40. The molecule has 2 rings (SSSR count). The number of nitrogens with zero attached hydrogens (tertiary/aromatic N) is 2. The predicted octanol–water partition coefficient (Wildman–Crippen LogP) is 3.04. The Balaban J connectivity index is 2.35. The van der Waals surface area contributed by atoms with Crippen molar-refractivity contribution in [3.63, 3.8) is 0 Å². The second kappa shape index (κ2) is 5.83. The van der Waals surface area contributed by atoms with Crippen LogP contribution in [0.3, 0.4) is 0 Å². The van der Waals surface area contributed by atoms with Gasteiger partial charge >= 0.3 is 6.09 Å². The molecule has 2 unspecified atom stereocenters. The number of carbonyl (C=O) groups excluding carboxylic acids is 1. The normalized spacial score (nSPS) is 25.4. The zero-order valence-corrected chi connectivity index (χ0v) is 13.5. The Kier molecular flexibility index (Phi) is 4.42. The number of halogens is 1. The van der Waals surface area contributed by atoms with Crippen LogP contribution in [-0.4, -0.2) is 38.8 Å². The Morgan fingerprint density at radius 3 is 2.77 bits per heavy atom. The molecule has 0 aromatic carbocycles. The van der Waals surface area contributed by atoms with Gasteiger partial charge < -0.3 is 9.84 Å². The van der Waals surface area contributed by atoms with E-state index in [2.05, 4.69) is 4.98 Å². The number of rotatable bonds is 2. The highest BCUT2D eigenvalue weighted by Crippen LogP contribution is 2.43. The average Bonchev–Trinajstić information content (AvgIpc) is 2.75. The molecule has 1 saturated heterocycles. The summed E-state index contributed by atoms with van der Waals surface area (Å²) in [7, 11) is 0. The Bertz CT molecular complexity index is 559. The summed E-state index contributed by atoms with van der Waals surface area (Å²) in [5.74, 6) is -0.445. The third kappa shape index (κ3) is 3.38. The van der Waals surface area contributed by atoms with E-state index in [1.807, 2.05) is 6.92 Å². The van der Waals surface area contributed by atoms with Crippen molar-refractivity contribution in [3.05, 3.63) is 29.8 Å². The van der Waals surface area contributed by atoms with Crippen LogP contribution in [0.4, 0.5) is 9.18 Å². The van der Waals surface area contributed by atoms with Crippen LogP contribution in [0, 0.1) is 5.82 Å². The molecule has 0 radical (unpaired) electrons. The number of aromatic nitrogens is 1. The molecule has 1 amide bonds. The number of amides is 1. The van der Waals surface area contributed by atoms with Crippen molar-refractivity contribution in [1.82, 2.24) is 9.88 Å². The summed E-state index contributed by atoms with van der Waals surface area (Å²) < 4.78 is 18.9. The van der Waals surface area contributed by atoms with Crippen LogP contribution in [0.25, 0.3) is 0 Å². The number of aliphatic hydroxyl groups is 1. The zero-order valence-electron chi connectivity index (χ0n) is 13.5. The molecule has 1 aliphatic heterocycles. The number of aliphatic hydroxyl groups excluding tert-OH is 1. The Hall–Kier alpha value is -1.69. The molecule has 0 spiro atoms. The lowest BCUT2D eigenvalue weighted by Crippen LogP contribution is -2.50. The second-order valence-electron chi connectivity index (χ2n) is 7.00. The van der Waals surface area contributed by atoms with Gasteiger partial charge in [0.05, 0.1) is 24.4 Å². The summed E-state index contributed by atoms with van der Waals surface area (Å²) in [5, 5.41) is 9.72. The number of carbonyl (C=O) groups is 1. The topological polar surface area (TPSA) is 62.7 Å². The van der Waals surface area contributed by atoms with Crippen LogP contribution >= 0.6 is 0 Å². The molecule has 122 valence electrons. The van der Waals surface area contributed by atoms with Crippen LogP contribution < -0.4 is 0 Å². The van der Waals surface area contributed by atoms with Gasteiger partial charge in [0, 0.05) is 6.20 Å². The van der Waals surface area contributed by atoms with Crippen LogP contribution in [0.15, 0.2) is 18.5 Å². The third-order valence-corrected chi connectivity index (χ3v) is 3.89. The van der Waals surface area contributed by atoms with Crippen molar-refractivity contribution < 1.29 is 19.0 Å². The molecule has 5 nitrogen and oxygen atoms in total. The van der Waals surface area contributed by atoms with Crippen molar-refractivity contribution in [3.8, 4) is 0 Å². The van der Waals surface area contributed by atoms with Gasteiger partial charge in [0.1, 0.15) is 11.4 Å². The van der Waals surface area contributed by atoms with E-state index in [1.54, 1.807) is 27.0 Å². The van der Waals surface area contributed by atoms with E-state index in [0.29, 0.717) is 18.4 Å². The van der Waals surface area contributed by atoms with Crippen molar-refractivity contribution in [1.29, 1.82) is 0 Å².